The van der Waals surface area contributed by atoms with Crippen LogP contribution in [0.2, 0.25) is 0 Å². The normalized spacial score (nSPS) is 12.4. The molecule has 0 aromatic carbocycles. The number of hydrogen-bond acceptors (Lipinski definition) is 8. The van der Waals surface area contributed by atoms with Crippen molar-refractivity contribution in [1.29, 1.82) is 0 Å². The first-order valence-corrected chi connectivity index (χ1v) is 22.2. The fourth-order valence-electron chi connectivity index (χ4n) is 6.50. The molecular formula is C45H83O8-. The number of ether oxygens (including phenoxy) is 4. The summed E-state index contributed by atoms with van der Waals surface area (Å²) in [7, 11) is 0. The average Bonchev–Trinajstić information content (AvgIpc) is 3.13. The fourth-order valence-corrected chi connectivity index (χ4v) is 6.50. The molecule has 53 heavy (non-hydrogen) atoms. The van der Waals surface area contributed by atoms with Crippen LogP contribution >= 0.6 is 0 Å². The van der Waals surface area contributed by atoms with Crippen LogP contribution in [0, 0.1) is 0 Å². The van der Waals surface area contributed by atoms with Gasteiger partial charge in [-0.15, -0.1) is 0 Å². The number of carbonyl (C=O) groups is 3. The highest BCUT2D eigenvalue weighted by molar-refractivity contribution is 5.87. The summed E-state index contributed by atoms with van der Waals surface area (Å²) in [6.45, 7) is 11.2. The summed E-state index contributed by atoms with van der Waals surface area (Å²) in [5.74, 6) is -2.57. The van der Waals surface area contributed by atoms with E-state index in [0.29, 0.717) is 26.2 Å². The Morgan fingerprint density at radius 1 is 0.528 bits per heavy atom. The largest absolute Gasteiger partial charge is 0.550 e. The van der Waals surface area contributed by atoms with Crippen molar-refractivity contribution < 1.29 is 38.4 Å². The number of carbonyl (C=O) groups excluding carboxylic acids is 3. The van der Waals surface area contributed by atoms with Gasteiger partial charge in [0.15, 0.2) is 0 Å². The van der Waals surface area contributed by atoms with Gasteiger partial charge in [0.1, 0.15) is 12.7 Å². The molecule has 0 N–H and O–H groups in total. The van der Waals surface area contributed by atoms with Crippen molar-refractivity contribution in [2.45, 2.75) is 232 Å². The van der Waals surface area contributed by atoms with E-state index in [0.717, 1.165) is 25.7 Å². The minimum absolute atomic E-state index is 0.192. The molecule has 0 radical (unpaired) electrons. The highest BCUT2D eigenvalue weighted by Gasteiger charge is 2.23. The summed E-state index contributed by atoms with van der Waals surface area (Å²) >= 11 is 0. The number of aliphatic carboxylic acids is 1. The zero-order valence-electron chi connectivity index (χ0n) is 34.9. The lowest BCUT2D eigenvalue weighted by Gasteiger charge is -2.24. The Balaban J connectivity index is 4.56. The molecule has 0 heterocycles. The van der Waals surface area contributed by atoms with E-state index in [9.17, 15) is 19.5 Å². The quantitative estimate of drug-likeness (QED) is 0.0344. The van der Waals surface area contributed by atoms with Crippen molar-refractivity contribution in [2.75, 3.05) is 26.4 Å². The van der Waals surface area contributed by atoms with Crippen LogP contribution in [0.5, 0.6) is 0 Å². The van der Waals surface area contributed by atoms with E-state index in [2.05, 4.69) is 20.4 Å². The number of esters is 2. The highest BCUT2D eigenvalue weighted by Crippen LogP contribution is 2.16. The van der Waals surface area contributed by atoms with Crippen LogP contribution in [0.25, 0.3) is 0 Å². The summed E-state index contributed by atoms with van der Waals surface area (Å²) in [5.41, 5.74) is 0.243. The summed E-state index contributed by atoms with van der Waals surface area (Å²) in [6.07, 6.45) is 34.8. The zero-order chi connectivity index (χ0) is 39.0. The molecule has 0 aliphatic rings. The first kappa shape index (κ1) is 51.1. The summed E-state index contributed by atoms with van der Waals surface area (Å²) in [5, 5.41) is 10.7. The summed E-state index contributed by atoms with van der Waals surface area (Å²) in [4.78, 5) is 35.2. The molecule has 2 atom stereocenters. The predicted molar refractivity (Wildman–Crippen MR) is 216 cm³/mol. The number of hydrogen-bond donors (Lipinski definition) is 0. The van der Waals surface area contributed by atoms with Crippen LogP contribution in [0.3, 0.4) is 0 Å². The lowest BCUT2D eigenvalue weighted by atomic mass is 10.0. The lowest BCUT2D eigenvalue weighted by molar-refractivity contribution is -0.305. The molecule has 0 aromatic heterocycles. The molecule has 0 spiro atoms. The number of rotatable bonds is 42. The summed E-state index contributed by atoms with van der Waals surface area (Å²) in [6, 6.07) is 0. The monoisotopic (exact) mass is 752 g/mol. The third-order valence-corrected chi connectivity index (χ3v) is 9.91. The predicted octanol–water partition coefficient (Wildman–Crippen LogP) is 11.3. The van der Waals surface area contributed by atoms with Crippen LogP contribution in [-0.4, -0.2) is 56.5 Å². The third kappa shape index (κ3) is 38.2. The number of carboxylic acids is 1. The van der Waals surface area contributed by atoms with Gasteiger partial charge < -0.3 is 28.8 Å². The Bertz CT molecular complexity index is 859. The molecule has 0 aromatic rings. The SMILES string of the molecule is C=C(C)C(=O)OC(COC(=O)CCC(=O)[O-])CC(COCCCCCCCCCCCCCCCC)OCCCCCCCCCCCCCCCC. The first-order chi connectivity index (χ1) is 25.8. The van der Waals surface area contributed by atoms with Gasteiger partial charge in [-0.05, 0) is 26.2 Å². The van der Waals surface area contributed by atoms with E-state index in [4.69, 9.17) is 18.9 Å². The maximum Gasteiger partial charge on any atom is 0.333 e. The van der Waals surface area contributed by atoms with Crippen molar-refractivity contribution in [3.05, 3.63) is 12.2 Å². The van der Waals surface area contributed by atoms with Crippen molar-refractivity contribution in [3.8, 4) is 0 Å². The molecular weight excluding hydrogens is 668 g/mol. The maximum absolute atomic E-state index is 12.4. The van der Waals surface area contributed by atoms with Crippen LogP contribution in [0.1, 0.15) is 220 Å². The molecule has 312 valence electrons. The van der Waals surface area contributed by atoms with Gasteiger partial charge in [0.2, 0.25) is 0 Å². The van der Waals surface area contributed by atoms with Gasteiger partial charge in [-0.25, -0.2) is 4.79 Å². The van der Waals surface area contributed by atoms with E-state index in [1.807, 2.05) is 0 Å². The standard InChI is InChI=1S/C45H84O8/c1-5-7-9-11-13-15-17-19-21-23-25-27-29-31-35-50-38-41(37-42(53-45(49)40(3)4)39-52-44(48)34-33-43(46)47)51-36-32-30-28-26-24-22-20-18-16-14-12-10-8-6-2/h41-42H,3,5-39H2,1-2,4H3,(H,46,47)/p-1. The molecule has 0 aliphatic heterocycles. The lowest BCUT2D eigenvalue weighted by Crippen LogP contribution is -2.33. The van der Waals surface area contributed by atoms with Crippen LogP contribution < -0.4 is 5.11 Å². The summed E-state index contributed by atoms with van der Waals surface area (Å²) < 4.78 is 23.2. The van der Waals surface area contributed by atoms with Crippen molar-refractivity contribution in [3.63, 3.8) is 0 Å². The van der Waals surface area contributed by atoms with E-state index >= 15 is 0 Å². The first-order valence-electron chi connectivity index (χ1n) is 22.2. The molecule has 8 nitrogen and oxygen atoms in total. The van der Waals surface area contributed by atoms with Crippen molar-refractivity contribution in [1.82, 2.24) is 0 Å². The molecule has 0 saturated carbocycles. The Labute approximate surface area is 326 Å². The van der Waals surface area contributed by atoms with Gasteiger partial charge in [-0.2, -0.15) is 0 Å². The average molecular weight is 752 g/mol. The number of carboxylic acid groups (broad SMARTS) is 1. The fraction of sp³-hybridized carbons (Fsp3) is 0.889. The Hall–Kier alpha value is -1.93. The molecule has 0 aliphatic carbocycles. The molecule has 0 bridgehead atoms. The number of unbranched alkanes of at least 4 members (excludes halogenated alkanes) is 26. The van der Waals surface area contributed by atoms with Crippen LogP contribution in [0.15, 0.2) is 12.2 Å². The van der Waals surface area contributed by atoms with Gasteiger partial charge in [0, 0.05) is 31.2 Å². The molecule has 0 rings (SSSR count). The van der Waals surface area contributed by atoms with E-state index in [-0.39, 0.29) is 24.7 Å². The minimum atomic E-state index is -1.32. The van der Waals surface area contributed by atoms with Gasteiger partial charge >= 0.3 is 11.9 Å². The zero-order valence-corrected chi connectivity index (χ0v) is 34.9. The highest BCUT2D eigenvalue weighted by atomic mass is 16.6. The Kier molecular flexibility index (Phi) is 38.3. The van der Waals surface area contributed by atoms with Crippen LogP contribution in [-0.2, 0) is 33.3 Å². The van der Waals surface area contributed by atoms with Crippen LogP contribution in [0.4, 0.5) is 0 Å². The van der Waals surface area contributed by atoms with Gasteiger partial charge in [-0.3, -0.25) is 4.79 Å². The Morgan fingerprint density at radius 2 is 0.925 bits per heavy atom. The molecule has 8 heteroatoms. The second kappa shape index (κ2) is 39.8. The van der Waals surface area contributed by atoms with E-state index < -0.39 is 30.4 Å². The van der Waals surface area contributed by atoms with Crippen molar-refractivity contribution in [2.24, 2.45) is 0 Å². The van der Waals surface area contributed by atoms with E-state index in [1.165, 1.54) is 154 Å². The smallest absolute Gasteiger partial charge is 0.333 e. The molecule has 0 fully saturated rings. The maximum atomic E-state index is 12.4. The second-order valence-electron chi connectivity index (χ2n) is 15.4. The molecule has 2 unspecified atom stereocenters. The minimum Gasteiger partial charge on any atom is -0.550 e. The Morgan fingerprint density at radius 3 is 1.32 bits per heavy atom. The van der Waals surface area contributed by atoms with Crippen molar-refractivity contribution >= 4 is 17.9 Å². The van der Waals surface area contributed by atoms with Gasteiger partial charge in [-0.1, -0.05) is 187 Å². The topological polar surface area (TPSA) is 111 Å². The van der Waals surface area contributed by atoms with Gasteiger partial charge in [0.05, 0.1) is 19.1 Å². The third-order valence-electron chi connectivity index (χ3n) is 9.91. The molecule has 0 saturated heterocycles. The van der Waals surface area contributed by atoms with E-state index in [1.54, 1.807) is 6.92 Å². The second-order valence-corrected chi connectivity index (χ2v) is 15.4. The molecule has 0 amide bonds. The van der Waals surface area contributed by atoms with Gasteiger partial charge in [0.25, 0.3) is 0 Å².